The summed E-state index contributed by atoms with van der Waals surface area (Å²) < 4.78 is 11.4. The maximum atomic E-state index is 10.4. The normalized spacial score (nSPS) is 15.6. The predicted molar refractivity (Wildman–Crippen MR) is 114 cm³/mol. The van der Waals surface area contributed by atoms with E-state index in [9.17, 15) is 5.11 Å². The zero-order chi connectivity index (χ0) is 20.5. The molecule has 29 heavy (non-hydrogen) atoms. The van der Waals surface area contributed by atoms with Crippen molar-refractivity contribution >= 4 is 0 Å². The zero-order valence-electron chi connectivity index (χ0n) is 17.6. The lowest BCUT2D eigenvalue weighted by atomic mass is 10.1. The number of rotatable bonds is 11. The topological polar surface area (TPSA) is 58.1 Å². The predicted octanol–water partition coefficient (Wildman–Crippen LogP) is 2.95. The van der Waals surface area contributed by atoms with Gasteiger partial charge in [-0.05, 0) is 56.2 Å². The fourth-order valence-corrected chi connectivity index (χ4v) is 3.70. The number of likely N-dealkylation sites (tertiary alicyclic amines) is 1. The van der Waals surface area contributed by atoms with Crippen LogP contribution in [0.25, 0.3) is 0 Å². The smallest absolute Gasteiger partial charge is 0.127 e. The SMILES string of the molecule is CCN(Cc1ccncc1)Cc1ccc(OC)cc1OCC(O)CN1CCCC1. The van der Waals surface area contributed by atoms with E-state index in [-0.39, 0.29) is 6.61 Å². The van der Waals surface area contributed by atoms with E-state index in [0.717, 1.165) is 49.8 Å². The molecule has 0 aliphatic carbocycles. The number of aromatic nitrogens is 1. The van der Waals surface area contributed by atoms with E-state index < -0.39 is 6.10 Å². The van der Waals surface area contributed by atoms with Crippen LogP contribution < -0.4 is 9.47 Å². The van der Waals surface area contributed by atoms with E-state index in [1.165, 1.54) is 18.4 Å². The molecule has 1 aliphatic rings. The summed E-state index contributed by atoms with van der Waals surface area (Å²) in [5.41, 5.74) is 2.33. The molecule has 0 radical (unpaired) electrons. The number of methoxy groups -OCH3 is 1. The monoisotopic (exact) mass is 399 g/mol. The highest BCUT2D eigenvalue weighted by Gasteiger charge is 2.17. The van der Waals surface area contributed by atoms with Crippen LogP contribution >= 0.6 is 0 Å². The van der Waals surface area contributed by atoms with Crippen molar-refractivity contribution < 1.29 is 14.6 Å². The Morgan fingerprint density at radius 2 is 1.90 bits per heavy atom. The second-order valence-electron chi connectivity index (χ2n) is 7.60. The maximum absolute atomic E-state index is 10.4. The average Bonchev–Trinajstić information content (AvgIpc) is 3.26. The minimum Gasteiger partial charge on any atom is -0.497 e. The van der Waals surface area contributed by atoms with Crippen molar-refractivity contribution in [1.82, 2.24) is 14.8 Å². The van der Waals surface area contributed by atoms with Crippen molar-refractivity contribution in [3.8, 4) is 11.5 Å². The Labute approximate surface area is 174 Å². The molecule has 2 heterocycles. The van der Waals surface area contributed by atoms with Gasteiger partial charge in [0.2, 0.25) is 0 Å². The molecule has 1 N–H and O–H groups in total. The van der Waals surface area contributed by atoms with Crippen LogP contribution in [0.15, 0.2) is 42.7 Å². The van der Waals surface area contributed by atoms with Crippen LogP contribution in [0.4, 0.5) is 0 Å². The molecule has 3 rings (SSSR count). The number of pyridine rings is 1. The molecule has 1 fully saturated rings. The third-order valence-corrected chi connectivity index (χ3v) is 5.37. The third kappa shape index (κ3) is 6.70. The van der Waals surface area contributed by atoms with Crippen molar-refractivity contribution in [2.24, 2.45) is 0 Å². The van der Waals surface area contributed by atoms with Crippen molar-refractivity contribution in [3.63, 3.8) is 0 Å². The lowest BCUT2D eigenvalue weighted by Gasteiger charge is -2.24. The van der Waals surface area contributed by atoms with Gasteiger partial charge in [0.25, 0.3) is 0 Å². The highest BCUT2D eigenvalue weighted by atomic mass is 16.5. The summed E-state index contributed by atoms with van der Waals surface area (Å²) >= 11 is 0. The zero-order valence-corrected chi connectivity index (χ0v) is 17.6. The minimum atomic E-state index is -0.494. The quantitative estimate of drug-likeness (QED) is 0.627. The Morgan fingerprint density at radius 1 is 1.14 bits per heavy atom. The lowest BCUT2D eigenvalue weighted by Crippen LogP contribution is -2.33. The Bertz CT molecular complexity index is 735. The largest absolute Gasteiger partial charge is 0.497 e. The molecule has 1 atom stereocenters. The molecule has 2 aromatic rings. The average molecular weight is 400 g/mol. The number of nitrogens with zero attached hydrogens (tertiary/aromatic N) is 3. The summed E-state index contributed by atoms with van der Waals surface area (Å²) in [6, 6.07) is 10.0. The fourth-order valence-electron chi connectivity index (χ4n) is 3.70. The molecule has 0 saturated carbocycles. The highest BCUT2D eigenvalue weighted by Crippen LogP contribution is 2.27. The summed E-state index contributed by atoms with van der Waals surface area (Å²) in [6.07, 6.45) is 5.60. The summed E-state index contributed by atoms with van der Waals surface area (Å²) in [6.45, 7) is 7.79. The lowest BCUT2D eigenvalue weighted by molar-refractivity contribution is 0.0749. The number of hydrogen-bond donors (Lipinski definition) is 1. The standard InChI is InChI=1S/C23H33N3O3/c1-3-25(15-19-8-10-24-11-9-19)16-20-6-7-22(28-2)14-23(20)29-18-21(27)17-26-12-4-5-13-26/h6-11,14,21,27H,3-5,12-13,15-18H2,1-2H3. The first-order valence-electron chi connectivity index (χ1n) is 10.5. The van der Waals surface area contributed by atoms with E-state index in [1.807, 2.05) is 36.7 Å². The van der Waals surface area contributed by atoms with Crippen molar-refractivity contribution in [3.05, 3.63) is 53.9 Å². The number of benzene rings is 1. The van der Waals surface area contributed by atoms with Crippen LogP contribution in [0.3, 0.4) is 0 Å². The fraction of sp³-hybridized carbons (Fsp3) is 0.522. The Kier molecular flexibility index (Phi) is 8.28. The van der Waals surface area contributed by atoms with E-state index in [1.54, 1.807) is 7.11 Å². The molecule has 1 unspecified atom stereocenters. The molecule has 0 amide bonds. The summed E-state index contributed by atoms with van der Waals surface area (Å²) in [7, 11) is 1.66. The summed E-state index contributed by atoms with van der Waals surface area (Å²) in [5, 5.41) is 10.4. The van der Waals surface area contributed by atoms with Gasteiger partial charge in [-0.1, -0.05) is 13.0 Å². The molecule has 1 saturated heterocycles. The minimum absolute atomic E-state index is 0.285. The van der Waals surface area contributed by atoms with Crippen molar-refractivity contribution in [1.29, 1.82) is 0 Å². The molecular formula is C23H33N3O3. The van der Waals surface area contributed by atoms with Gasteiger partial charge < -0.3 is 19.5 Å². The van der Waals surface area contributed by atoms with Crippen LogP contribution in [0.1, 0.15) is 30.9 Å². The first-order valence-corrected chi connectivity index (χ1v) is 10.5. The van der Waals surface area contributed by atoms with Crippen molar-refractivity contribution in [2.45, 2.75) is 39.0 Å². The molecule has 0 spiro atoms. The molecule has 1 aromatic carbocycles. The molecule has 158 valence electrons. The van der Waals surface area contributed by atoms with Gasteiger partial charge in [0.05, 0.1) is 7.11 Å². The van der Waals surface area contributed by atoms with Gasteiger partial charge in [-0.15, -0.1) is 0 Å². The number of aliphatic hydroxyl groups is 1. The van der Waals surface area contributed by atoms with E-state index in [2.05, 4.69) is 27.8 Å². The van der Waals surface area contributed by atoms with Gasteiger partial charge in [-0.2, -0.15) is 0 Å². The Balaban J connectivity index is 1.63. The summed E-state index contributed by atoms with van der Waals surface area (Å²) in [5.74, 6) is 1.54. The van der Waals surface area contributed by atoms with Crippen LogP contribution in [0.5, 0.6) is 11.5 Å². The first kappa shape index (κ1) is 21.6. The first-order chi connectivity index (χ1) is 14.2. The number of ether oxygens (including phenoxy) is 2. The van der Waals surface area contributed by atoms with E-state index >= 15 is 0 Å². The molecular weight excluding hydrogens is 366 g/mol. The van der Waals surface area contributed by atoms with Crippen LogP contribution in [-0.2, 0) is 13.1 Å². The van der Waals surface area contributed by atoms with Gasteiger partial charge in [-0.3, -0.25) is 9.88 Å². The van der Waals surface area contributed by atoms with Gasteiger partial charge in [0.15, 0.2) is 0 Å². The van der Waals surface area contributed by atoms with Crippen molar-refractivity contribution in [2.75, 3.05) is 39.9 Å². The molecule has 6 heteroatoms. The Hall–Kier alpha value is -2.15. The van der Waals surface area contributed by atoms with Gasteiger partial charge in [0.1, 0.15) is 24.2 Å². The van der Waals surface area contributed by atoms with Crippen LogP contribution in [0, 0.1) is 0 Å². The summed E-state index contributed by atoms with van der Waals surface area (Å²) in [4.78, 5) is 8.75. The third-order valence-electron chi connectivity index (χ3n) is 5.37. The van der Waals surface area contributed by atoms with Gasteiger partial charge in [-0.25, -0.2) is 0 Å². The van der Waals surface area contributed by atoms with E-state index in [0.29, 0.717) is 6.54 Å². The van der Waals surface area contributed by atoms with Crippen LogP contribution in [-0.4, -0.2) is 65.9 Å². The molecule has 6 nitrogen and oxygen atoms in total. The molecule has 0 bridgehead atoms. The maximum Gasteiger partial charge on any atom is 0.127 e. The number of β-amino-alcohol motifs (C(OH)–C–C–N with tert-alkyl or cyclic N) is 1. The number of aliphatic hydroxyl groups excluding tert-OH is 1. The second kappa shape index (κ2) is 11.1. The highest BCUT2D eigenvalue weighted by molar-refractivity contribution is 5.40. The molecule has 1 aliphatic heterocycles. The van der Waals surface area contributed by atoms with Gasteiger partial charge >= 0.3 is 0 Å². The van der Waals surface area contributed by atoms with Gasteiger partial charge in [0, 0.05) is 43.7 Å². The number of hydrogen-bond acceptors (Lipinski definition) is 6. The Morgan fingerprint density at radius 3 is 2.59 bits per heavy atom. The second-order valence-corrected chi connectivity index (χ2v) is 7.60. The van der Waals surface area contributed by atoms with Crippen LogP contribution in [0.2, 0.25) is 0 Å². The van der Waals surface area contributed by atoms with E-state index in [4.69, 9.17) is 9.47 Å². The molecule has 1 aromatic heterocycles.